The predicted octanol–water partition coefficient (Wildman–Crippen LogP) is -0.155. The lowest BCUT2D eigenvalue weighted by Gasteiger charge is -2.30. The summed E-state index contributed by atoms with van der Waals surface area (Å²) in [5.74, 6) is -0.160. The van der Waals surface area contributed by atoms with Gasteiger partial charge in [-0.15, -0.1) is 0 Å². The highest BCUT2D eigenvalue weighted by Crippen LogP contribution is 2.11. The van der Waals surface area contributed by atoms with Crippen molar-refractivity contribution in [2.75, 3.05) is 13.1 Å². The van der Waals surface area contributed by atoms with Crippen LogP contribution >= 0.6 is 0 Å². The first-order valence-electron chi connectivity index (χ1n) is 4.02. The molecule has 1 heterocycles. The molecular weight excluding hydrogens is 154 g/mol. The van der Waals surface area contributed by atoms with Gasteiger partial charge in [0.15, 0.2) is 0 Å². The molecule has 68 valence electrons. The van der Waals surface area contributed by atoms with E-state index in [2.05, 4.69) is 17.3 Å². The van der Waals surface area contributed by atoms with Crippen molar-refractivity contribution in [2.24, 2.45) is 0 Å². The van der Waals surface area contributed by atoms with Crippen LogP contribution in [0, 0.1) is 0 Å². The molecule has 4 heteroatoms. The van der Waals surface area contributed by atoms with Crippen molar-refractivity contribution in [2.45, 2.75) is 19.5 Å². The van der Waals surface area contributed by atoms with Crippen LogP contribution in [0.5, 0.6) is 0 Å². The normalized spacial score (nSPS) is 22.2. The van der Waals surface area contributed by atoms with Gasteiger partial charge in [-0.25, -0.2) is 5.01 Å². The number of nitrogens with zero attached hydrogens (tertiary/aromatic N) is 1. The van der Waals surface area contributed by atoms with Gasteiger partial charge in [-0.05, 0) is 19.9 Å². The average molecular weight is 169 g/mol. The van der Waals surface area contributed by atoms with Crippen LogP contribution in [0.4, 0.5) is 0 Å². The maximum atomic E-state index is 11.0. The predicted molar refractivity (Wildman–Crippen MR) is 47.1 cm³/mol. The molecular formula is C8H15N3O. The SMILES string of the molecule is C=CC(=O)NN1CCNC1(C)C. The minimum Gasteiger partial charge on any atom is -0.297 e. The second-order valence-electron chi connectivity index (χ2n) is 3.32. The number of carbonyl (C=O) groups excluding carboxylic acids is 1. The molecule has 0 spiro atoms. The van der Waals surface area contributed by atoms with E-state index in [0.717, 1.165) is 13.1 Å². The Kier molecular flexibility index (Phi) is 2.49. The van der Waals surface area contributed by atoms with Crippen LogP contribution in [0.3, 0.4) is 0 Å². The lowest BCUT2D eigenvalue weighted by molar-refractivity contribution is -0.122. The van der Waals surface area contributed by atoms with Gasteiger partial charge in [0.1, 0.15) is 0 Å². The summed E-state index contributed by atoms with van der Waals surface area (Å²) >= 11 is 0. The summed E-state index contributed by atoms with van der Waals surface area (Å²) in [5.41, 5.74) is 2.58. The second kappa shape index (κ2) is 3.25. The van der Waals surface area contributed by atoms with Gasteiger partial charge < -0.3 is 0 Å². The van der Waals surface area contributed by atoms with Crippen molar-refractivity contribution in [3.63, 3.8) is 0 Å². The summed E-state index contributed by atoms with van der Waals surface area (Å²) < 4.78 is 0. The average Bonchev–Trinajstić information content (AvgIpc) is 2.31. The highest BCUT2D eigenvalue weighted by Gasteiger charge is 2.31. The zero-order chi connectivity index (χ0) is 9.19. The fourth-order valence-electron chi connectivity index (χ4n) is 1.22. The van der Waals surface area contributed by atoms with Gasteiger partial charge in [0.2, 0.25) is 0 Å². The molecule has 1 fully saturated rings. The molecule has 0 aliphatic carbocycles. The lowest BCUT2D eigenvalue weighted by Crippen LogP contribution is -2.54. The van der Waals surface area contributed by atoms with Crippen LogP contribution in [0.25, 0.3) is 0 Å². The molecule has 1 amide bonds. The van der Waals surface area contributed by atoms with Gasteiger partial charge in [0.05, 0.1) is 5.66 Å². The minimum absolute atomic E-state index is 0.154. The summed E-state index contributed by atoms with van der Waals surface area (Å²) in [6, 6.07) is 0. The Morgan fingerprint density at radius 1 is 1.75 bits per heavy atom. The van der Waals surface area contributed by atoms with Crippen molar-refractivity contribution in [3.05, 3.63) is 12.7 Å². The van der Waals surface area contributed by atoms with Crippen molar-refractivity contribution >= 4 is 5.91 Å². The van der Waals surface area contributed by atoms with E-state index >= 15 is 0 Å². The number of hydrogen-bond acceptors (Lipinski definition) is 3. The number of amides is 1. The summed E-state index contributed by atoms with van der Waals surface area (Å²) in [6.07, 6.45) is 1.27. The molecule has 0 atom stereocenters. The Balaban J connectivity index is 2.52. The third-order valence-corrected chi connectivity index (χ3v) is 2.00. The second-order valence-corrected chi connectivity index (χ2v) is 3.32. The number of hydrazine groups is 1. The maximum Gasteiger partial charge on any atom is 0.257 e. The highest BCUT2D eigenvalue weighted by atomic mass is 16.2. The Hall–Kier alpha value is -0.870. The first kappa shape index (κ1) is 9.22. The van der Waals surface area contributed by atoms with Gasteiger partial charge in [0, 0.05) is 13.1 Å². The van der Waals surface area contributed by atoms with Gasteiger partial charge in [-0.3, -0.25) is 15.5 Å². The molecule has 0 aromatic carbocycles. The monoisotopic (exact) mass is 169 g/mol. The first-order valence-corrected chi connectivity index (χ1v) is 4.02. The van der Waals surface area contributed by atoms with E-state index in [1.165, 1.54) is 6.08 Å². The lowest BCUT2D eigenvalue weighted by atomic mass is 10.3. The summed E-state index contributed by atoms with van der Waals surface area (Å²) in [7, 11) is 0. The Bertz CT molecular complexity index is 200. The molecule has 0 saturated carbocycles. The standard InChI is InChI=1S/C8H15N3O/c1-4-7(12)10-11-6-5-9-8(11,2)3/h4,9H,1,5-6H2,2-3H3,(H,10,12). The molecule has 1 rings (SSSR count). The number of rotatable bonds is 2. The summed E-state index contributed by atoms with van der Waals surface area (Å²) in [4.78, 5) is 11.0. The van der Waals surface area contributed by atoms with E-state index in [0.29, 0.717) is 0 Å². The minimum atomic E-state index is -0.160. The number of carbonyl (C=O) groups is 1. The van der Waals surface area contributed by atoms with E-state index in [9.17, 15) is 4.79 Å². The highest BCUT2D eigenvalue weighted by molar-refractivity contribution is 5.86. The van der Waals surface area contributed by atoms with Crippen LogP contribution in [0.1, 0.15) is 13.8 Å². The molecule has 0 unspecified atom stereocenters. The van der Waals surface area contributed by atoms with Crippen molar-refractivity contribution < 1.29 is 4.79 Å². The van der Waals surface area contributed by atoms with E-state index in [1.807, 2.05) is 18.9 Å². The van der Waals surface area contributed by atoms with E-state index < -0.39 is 0 Å². The maximum absolute atomic E-state index is 11.0. The number of nitrogens with one attached hydrogen (secondary N) is 2. The van der Waals surface area contributed by atoms with Gasteiger partial charge in [0.25, 0.3) is 5.91 Å². The van der Waals surface area contributed by atoms with Crippen molar-refractivity contribution in [1.82, 2.24) is 15.8 Å². The Morgan fingerprint density at radius 3 is 2.83 bits per heavy atom. The molecule has 1 aliphatic rings. The molecule has 1 aliphatic heterocycles. The van der Waals surface area contributed by atoms with Crippen LogP contribution in [-0.2, 0) is 4.79 Å². The molecule has 4 nitrogen and oxygen atoms in total. The fraction of sp³-hybridized carbons (Fsp3) is 0.625. The summed E-state index contributed by atoms with van der Waals surface area (Å²) in [6.45, 7) is 9.15. The topological polar surface area (TPSA) is 44.4 Å². The molecule has 0 bridgehead atoms. The summed E-state index contributed by atoms with van der Waals surface area (Å²) in [5, 5.41) is 5.12. The van der Waals surface area contributed by atoms with Crippen molar-refractivity contribution in [3.8, 4) is 0 Å². The van der Waals surface area contributed by atoms with E-state index in [4.69, 9.17) is 0 Å². The van der Waals surface area contributed by atoms with Crippen molar-refractivity contribution in [1.29, 1.82) is 0 Å². The molecule has 0 aromatic heterocycles. The molecule has 2 N–H and O–H groups in total. The molecule has 0 aromatic rings. The van der Waals surface area contributed by atoms with E-state index in [-0.39, 0.29) is 11.6 Å². The molecule has 0 radical (unpaired) electrons. The molecule has 1 saturated heterocycles. The van der Waals surface area contributed by atoms with Crippen LogP contribution in [-0.4, -0.2) is 29.7 Å². The smallest absolute Gasteiger partial charge is 0.257 e. The van der Waals surface area contributed by atoms with Gasteiger partial charge in [-0.1, -0.05) is 6.58 Å². The molecule has 12 heavy (non-hydrogen) atoms. The van der Waals surface area contributed by atoms with Crippen LogP contribution < -0.4 is 10.7 Å². The third kappa shape index (κ3) is 1.84. The van der Waals surface area contributed by atoms with Crippen LogP contribution in [0.15, 0.2) is 12.7 Å². The quantitative estimate of drug-likeness (QED) is 0.565. The van der Waals surface area contributed by atoms with Crippen LogP contribution in [0.2, 0.25) is 0 Å². The first-order chi connectivity index (χ1) is 5.56. The fourth-order valence-corrected chi connectivity index (χ4v) is 1.22. The zero-order valence-corrected chi connectivity index (χ0v) is 7.55. The Morgan fingerprint density at radius 2 is 2.42 bits per heavy atom. The zero-order valence-electron chi connectivity index (χ0n) is 7.55. The Labute approximate surface area is 72.6 Å². The van der Waals surface area contributed by atoms with Gasteiger partial charge in [-0.2, -0.15) is 0 Å². The largest absolute Gasteiger partial charge is 0.297 e. The number of hydrogen-bond donors (Lipinski definition) is 2. The van der Waals surface area contributed by atoms with Gasteiger partial charge >= 0.3 is 0 Å². The van der Waals surface area contributed by atoms with E-state index in [1.54, 1.807) is 0 Å². The third-order valence-electron chi connectivity index (χ3n) is 2.00.